The molecule has 1 amide bonds. The molecular formula is C27H32FN3O6. The number of aliphatic hydroxyl groups is 1. The van der Waals surface area contributed by atoms with Crippen LogP contribution in [0.4, 0.5) is 4.39 Å². The van der Waals surface area contributed by atoms with Crippen LogP contribution in [0.15, 0.2) is 54.6 Å². The van der Waals surface area contributed by atoms with Gasteiger partial charge in [0.15, 0.2) is 5.69 Å². The van der Waals surface area contributed by atoms with Gasteiger partial charge in [-0.3, -0.25) is 9.59 Å². The van der Waals surface area contributed by atoms with Crippen LogP contribution >= 0.6 is 0 Å². The molecule has 10 heteroatoms. The number of ether oxygens (including phenoxy) is 2. The zero-order valence-electron chi connectivity index (χ0n) is 21.3. The molecule has 1 heterocycles. The third-order valence-corrected chi connectivity index (χ3v) is 5.66. The molecule has 0 saturated heterocycles. The van der Waals surface area contributed by atoms with Crippen LogP contribution in [-0.2, 0) is 4.79 Å². The zero-order valence-corrected chi connectivity index (χ0v) is 21.3. The van der Waals surface area contributed by atoms with E-state index in [-0.39, 0.29) is 30.3 Å². The minimum absolute atomic E-state index is 0.0504. The van der Waals surface area contributed by atoms with Gasteiger partial charge in [-0.25, -0.2) is 4.39 Å². The summed E-state index contributed by atoms with van der Waals surface area (Å²) in [5.74, 6) is -1.69. The number of carboxylic acid groups (broad SMARTS) is 1. The number of para-hydroxylation sites is 1. The van der Waals surface area contributed by atoms with Gasteiger partial charge in [-0.15, -0.1) is 0 Å². The lowest BCUT2D eigenvalue weighted by atomic mass is 9.90. The lowest BCUT2D eigenvalue weighted by molar-refractivity contribution is -0.137. The smallest absolute Gasteiger partial charge is 0.305 e. The first kappa shape index (κ1) is 27.7. The fraction of sp³-hybridized carbons (Fsp3) is 0.370. The van der Waals surface area contributed by atoms with Crippen molar-refractivity contribution < 1.29 is 33.7 Å². The Labute approximate surface area is 214 Å². The first-order valence-electron chi connectivity index (χ1n) is 11.9. The maximum Gasteiger partial charge on any atom is 0.305 e. The standard InChI is InChI=1S/C27H32FN3O6/c1-5-36-18-12-10-17(11-13-18)20(15-25(33)34)29-26(35)21-14-24(37-16-23(32)27(2,3)4)31(30-21)22-9-7-6-8-19(22)28/h6-14,20,23,32H,5,15-16H2,1-4H3,(H,29,35)(H,33,34). The number of amides is 1. The van der Waals surface area contributed by atoms with Gasteiger partial charge in [0, 0.05) is 6.07 Å². The highest BCUT2D eigenvalue weighted by atomic mass is 19.1. The SMILES string of the molecule is CCOc1ccc(C(CC(=O)O)NC(=O)c2cc(OCC(O)C(C)(C)C)n(-c3ccccc3F)n2)cc1. The van der Waals surface area contributed by atoms with Gasteiger partial charge in [0.1, 0.15) is 23.9 Å². The summed E-state index contributed by atoms with van der Waals surface area (Å²) in [5, 5.41) is 26.7. The number of aliphatic carboxylic acids is 1. The highest BCUT2D eigenvalue weighted by molar-refractivity contribution is 5.93. The molecule has 3 aromatic rings. The van der Waals surface area contributed by atoms with Crippen molar-refractivity contribution in [2.45, 2.75) is 46.3 Å². The summed E-state index contributed by atoms with van der Waals surface area (Å²) >= 11 is 0. The zero-order chi connectivity index (χ0) is 27.2. The predicted octanol–water partition coefficient (Wildman–Crippen LogP) is 4.14. The van der Waals surface area contributed by atoms with Crippen LogP contribution in [0.3, 0.4) is 0 Å². The predicted molar refractivity (Wildman–Crippen MR) is 135 cm³/mol. The molecule has 0 saturated carbocycles. The number of benzene rings is 2. The largest absolute Gasteiger partial charge is 0.494 e. The van der Waals surface area contributed by atoms with Crippen LogP contribution in [0.1, 0.15) is 56.2 Å². The van der Waals surface area contributed by atoms with Gasteiger partial charge >= 0.3 is 5.97 Å². The monoisotopic (exact) mass is 513 g/mol. The molecule has 198 valence electrons. The summed E-state index contributed by atoms with van der Waals surface area (Å²) in [6, 6.07) is 13.1. The molecule has 2 aromatic carbocycles. The molecule has 0 aliphatic carbocycles. The third-order valence-electron chi connectivity index (χ3n) is 5.66. The summed E-state index contributed by atoms with van der Waals surface area (Å²) in [6.45, 7) is 7.76. The summed E-state index contributed by atoms with van der Waals surface area (Å²) < 4.78 is 26.9. The van der Waals surface area contributed by atoms with E-state index in [0.717, 1.165) is 4.68 Å². The second-order valence-corrected chi connectivity index (χ2v) is 9.55. The number of hydrogen-bond donors (Lipinski definition) is 3. The number of hydrogen-bond acceptors (Lipinski definition) is 6. The molecule has 0 aliphatic rings. The minimum atomic E-state index is -1.10. The van der Waals surface area contributed by atoms with Crippen molar-refractivity contribution in [2.24, 2.45) is 5.41 Å². The number of halogens is 1. The van der Waals surface area contributed by atoms with Crippen molar-refractivity contribution in [3.05, 3.63) is 71.7 Å². The Balaban J connectivity index is 1.90. The van der Waals surface area contributed by atoms with E-state index < -0.39 is 35.3 Å². The van der Waals surface area contributed by atoms with Gasteiger partial charge in [0.25, 0.3) is 5.91 Å². The van der Waals surface area contributed by atoms with Gasteiger partial charge in [-0.2, -0.15) is 9.78 Å². The number of carbonyl (C=O) groups excluding carboxylic acids is 1. The number of aliphatic hydroxyl groups excluding tert-OH is 1. The van der Waals surface area contributed by atoms with Gasteiger partial charge in [0.2, 0.25) is 5.88 Å². The molecule has 9 nitrogen and oxygen atoms in total. The topological polar surface area (TPSA) is 123 Å². The Morgan fingerprint density at radius 1 is 1.11 bits per heavy atom. The molecule has 0 fully saturated rings. The highest BCUT2D eigenvalue weighted by Crippen LogP contribution is 2.26. The highest BCUT2D eigenvalue weighted by Gasteiger charge is 2.26. The van der Waals surface area contributed by atoms with Crippen molar-refractivity contribution in [3.63, 3.8) is 0 Å². The van der Waals surface area contributed by atoms with Gasteiger partial charge in [-0.05, 0) is 42.2 Å². The summed E-state index contributed by atoms with van der Waals surface area (Å²) in [4.78, 5) is 24.7. The molecule has 0 radical (unpaired) electrons. The molecule has 0 aliphatic heterocycles. The van der Waals surface area contributed by atoms with Crippen LogP contribution in [0.25, 0.3) is 5.69 Å². The summed E-state index contributed by atoms with van der Waals surface area (Å²) in [5.41, 5.74) is 0.0444. The van der Waals surface area contributed by atoms with Crippen molar-refractivity contribution in [1.29, 1.82) is 0 Å². The van der Waals surface area contributed by atoms with E-state index in [2.05, 4.69) is 10.4 Å². The molecule has 37 heavy (non-hydrogen) atoms. The summed E-state index contributed by atoms with van der Waals surface area (Å²) in [6.07, 6.45) is -1.21. The van der Waals surface area contributed by atoms with Crippen molar-refractivity contribution in [2.75, 3.05) is 13.2 Å². The normalized spacial score (nSPS) is 13.0. The van der Waals surface area contributed by atoms with Crippen LogP contribution < -0.4 is 14.8 Å². The number of carbonyl (C=O) groups is 2. The molecule has 2 atom stereocenters. The minimum Gasteiger partial charge on any atom is -0.494 e. The average molecular weight is 514 g/mol. The second kappa shape index (κ2) is 11.9. The Kier molecular flexibility index (Phi) is 8.88. The molecule has 0 spiro atoms. The van der Waals surface area contributed by atoms with Gasteiger partial charge < -0.3 is 25.0 Å². The van der Waals surface area contributed by atoms with Gasteiger partial charge in [-0.1, -0.05) is 45.0 Å². The van der Waals surface area contributed by atoms with Crippen molar-refractivity contribution >= 4 is 11.9 Å². The first-order valence-corrected chi connectivity index (χ1v) is 11.9. The van der Waals surface area contributed by atoms with E-state index in [0.29, 0.717) is 17.9 Å². The molecular weight excluding hydrogens is 481 g/mol. The van der Waals surface area contributed by atoms with E-state index >= 15 is 0 Å². The van der Waals surface area contributed by atoms with Crippen LogP contribution in [0, 0.1) is 11.2 Å². The number of nitrogens with zero attached hydrogens (tertiary/aromatic N) is 2. The Bertz CT molecular complexity index is 1220. The lowest BCUT2D eigenvalue weighted by Crippen LogP contribution is -2.32. The molecule has 3 N–H and O–H groups in total. The first-order chi connectivity index (χ1) is 17.5. The van der Waals surface area contributed by atoms with Crippen LogP contribution in [-0.4, -0.2) is 51.2 Å². The van der Waals surface area contributed by atoms with E-state index in [1.807, 2.05) is 27.7 Å². The van der Waals surface area contributed by atoms with Crippen molar-refractivity contribution in [1.82, 2.24) is 15.1 Å². The summed E-state index contributed by atoms with van der Waals surface area (Å²) in [7, 11) is 0. The van der Waals surface area contributed by atoms with Crippen LogP contribution in [0.2, 0.25) is 0 Å². The second-order valence-electron chi connectivity index (χ2n) is 9.55. The molecule has 2 unspecified atom stereocenters. The van der Waals surface area contributed by atoms with Gasteiger partial charge in [0.05, 0.1) is 25.2 Å². The van der Waals surface area contributed by atoms with E-state index in [4.69, 9.17) is 9.47 Å². The molecule has 3 rings (SSSR count). The van der Waals surface area contributed by atoms with E-state index in [1.165, 1.54) is 24.3 Å². The average Bonchev–Trinajstić information content (AvgIpc) is 3.26. The number of aromatic nitrogens is 2. The Morgan fingerprint density at radius 3 is 2.38 bits per heavy atom. The Hall–Kier alpha value is -3.92. The number of carboxylic acids is 1. The van der Waals surface area contributed by atoms with E-state index in [1.54, 1.807) is 30.3 Å². The fourth-order valence-corrected chi connectivity index (χ4v) is 3.41. The third kappa shape index (κ3) is 7.29. The number of nitrogens with one attached hydrogen (secondary N) is 1. The lowest BCUT2D eigenvalue weighted by Gasteiger charge is -2.25. The van der Waals surface area contributed by atoms with Crippen molar-refractivity contribution in [3.8, 4) is 17.3 Å². The quantitative estimate of drug-likeness (QED) is 0.352. The molecule has 1 aromatic heterocycles. The fourth-order valence-electron chi connectivity index (χ4n) is 3.41. The molecule has 0 bridgehead atoms. The number of rotatable bonds is 11. The maximum absolute atomic E-state index is 14.6. The Morgan fingerprint density at radius 2 is 1.78 bits per heavy atom. The maximum atomic E-state index is 14.6. The van der Waals surface area contributed by atoms with E-state index in [9.17, 15) is 24.2 Å². The van der Waals surface area contributed by atoms with Crippen LogP contribution in [0.5, 0.6) is 11.6 Å².